The van der Waals surface area contributed by atoms with E-state index in [2.05, 4.69) is 76.2 Å². The number of rotatable bonds is 11. The summed E-state index contributed by atoms with van der Waals surface area (Å²) < 4.78 is 6.40. The number of phenols is 3. The monoisotopic (exact) mass is 594 g/mol. The Morgan fingerprint density at radius 2 is 1.25 bits per heavy atom. The van der Waals surface area contributed by atoms with Crippen LogP contribution in [0, 0.1) is 27.7 Å². The Morgan fingerprint density at radius 3 is 1.75 bits per heavy atom. The second-order valence-electron chi connectivity index (χ2n) is 13.6. The first-order valence-electron chi connectivity index (χ1n) is 16.4. The Labute approximate surface area is 263 Å². The van der Waals surface area contributed by atoms with Crippen molar-refractivity contribution in [3.63, 3.8) is 0 Å². The number of fused-ring (bicyclic) bond motifs is 2. The van der Waals surface area contributed by atoms with Crippen molar-refractivity contribution >= 4 is 0 Å². The van der Waals surface area contributed by atoms with Gasteiger partial charge in [0.15, 0.2) is 0 Å². The van der Waals surface area contributed by atoms with Crippen LogP contribution in [0.5, 0.6) is 17.2 Å². The van der Waals surface area contributed by atoms with Crippen molar-refractivity contribution < 1.29 is 19.7 Å². The van der Waals surface area contributed by atoms with E-state index in [1.165, 1.54) is 11.1 Å². The molecule has 0 aliphatic heterocycles. The maximum atomic E-state index is 11.9. The van der Waals surface area contributed by atoms with E-state index in [1.54, 1.807) is 6.26 Å². The third-order valence-corrected chi connectivity index (χ3v) is 11.0. The summed E-state index contributed by atoms with van der Waals surface area (Å²) in [5, 5.41) is 33.5. The Morgan fingerprint density at radius 1 is 0.705 bits per heavy atom. The molecule has 0 amide bonds. The number of hydrogen-bond donors (Lipinski definition) is 3. The minimum Gasteiger partial charge on any atom is -0.507 e. The van der Waals surface area contributed by atoms with E-state index in [4.69, 9.17) is 4.42 Å². The molecule has 234 valence electrons. The summed E-state index contributed by atoms with van der Waals surface area (Å²) in [7, 11) is 0. The number of furan rings is 1. The zero-order valence-electron chi connectivity index (χ0n) is 27.8. The van der Waals surface area contributed by atoms with Crippen LogP contribution in [0.4, 0.5) is 0 Å². The number of hydrogen-bond acceptors (Lipinski definition) is 4. The summed E-state index contributed by atoms with van der Waals surface area (Å²) in [6.45, 7) is 17.0. The van der Waals surface area contributed by atoms with Crippen LogP contribution in [-0.2, 0) is 10.8 Å². The molecular weight excluding hydrogens is 544 g/mol. The number of phenolic OH excluding ortho intramolecular Hbond substituents is 3. The molecule has 0 saturated heterocycles. The van der Waals surface area contributed by atoms with Crippen molar-refractivity contribution in [3.05, 3.63) is 111 Å². The molecule has 5 atom stereocenters. The topological polar surface area (TPSA) is 73.8 Å². The van der Waals surface area contributed by atoms with Gasteiger partial charge in [-0.05, 0) is 104 Å². The lowest BCUT2D eigenvalue weighted by Crippen LogP contribution is -2.42. The van der Waals surface area contributed by atoms with Crippen LogP contribution in [0.15, 0.2) is 65.3 Å². The van der Waals surface area contributed by atoms with Crippen molar-refractivity contribution in [1.29, 1.82) is 0 Å². The summed E-state index contributed by atoms with van der Waals surface area (Å²) >= 11 is 0. The highest BCUT2D eigenvalue weighted by atomic mass is 16.3. The molecule has 5 unspecified atom stereocenters. The molecule has 44 heavy (non-hydrogen) atoms. The van der Waals surface area contributed by atoms with Crippen LogP contribution in [0.1, 0.15) is 128 Å². The molecule has 0 radical (unpaired) electrons. The van der Waals surface area contributed by atoms with E-state index in [0.717, 1.165) is 71.2 Å². The van der Waals surface area contributed by atoms with Gasteiger partial charge in [0, 0.05) is 28.6 Å². The van der Waals surface area contributed by atoms with Crippen LogP contribution < -0.4 is 0 Å². The molecule has 0 fully saturated rings. The van der Waals surface area contributed by atoms with E-state index in [0.29, 0.717) is 17.2 Å². The summed E-state index contributed by atoms with van der Waals surface area (Å²) in [6, 6.07) is 19.1. The molecule has 1 aliphatic carbocycles. The molecular formula is C40H50O4. The van der Waals surface area contributed by atoms with Gasteiger partial charge in [-0.15, -0.1) is 0 Å². The average molecular weight is 595 g/mol. The van der Waals surface area contributed by atoms with E-state index < -0.39 is 0 Å². The Balaban J connectivity index is 1.85. The third kappa shape index (κ3) is 4.91. The zero-order valence-corrected chi connectivity index (χ0v) is 27.8. The second-order valence-corrected chi connectivity index (χ2v) is 13.6. The lowest BCUT2D eigenvalue weighted by atomic mass is 9.54. The molecule has 3 N–H and O–H groups in total. The number of para-hydroxylation sites is 1. The molecule has 5 rings (SSSR count). The van der Waals surface area contributed by atoms with Crippen LogP contribution in [0.2, 0.25) is 0 Å². The summed E-state index contributed by atoms with van der Waals surface area (Å²) in [5.41, 5.74) is 7.21. The molecule has 2 bridgehead atoms. The largest absolute Gasteiger partial charge is 0.507 e. The van der Waals surface area contributed by atoms with Crippen molar-refractivity contribution in [3.8, 4) is 17.2 Å². The normalized spacial score (nSPS) is 19.5. The molecule has 4 aromatic rings. The van der Waals surface area contributed by atoms with E-state index in [9.17, 15) is 15.3 Å². The number of benzene rings is 3. The Kier molecular flexibility index (Phi) is 8.68. The van der Waals surface area contributed by atoms with Crippen LogP contribution in [0.25, 0.3) is 0 Å². The first kappa shape index (κ1) is 31.8. The van der Waals surface area contributed by atoms with Crippen LogP contribution in [0.3, 0.4) is 0 Å². The number of aromatic hydroxyl groups is 3. The fourth-order valence-corrected chi connectivity index (χ4v) is 8.90. The van der Waals surface area contributed by atoms with Crippen molar-refractivity contribution in [2.75, 3.05) is 0 Å². The molecule has 1 aliphatic rings. The van der Waals surface area contributed by atoms with Crippen molar-refractivity contribution in [2.45, 2.75) is 116 Å². The molecule has 1 aromatic heterocycles. The molecule has 4 nitrogen and oxygen atoms in total. The molecule has 1 heterocycles. The highest BCUT2D eigenvalue weighted by Crippen LogP contribution is 2.66. The standard InChI is InChI=1S/C40H50O4/c1-9-17-39(8,28-20-24(4)36(41)25(5)21-28)34-31-15-12-14-30(38(31)43)33(34)35(32-16-13-19-44-32)40(11-3,18-10-2)29-22-26(6)37(42)27(7)23-29/h12-16,19-23,33-35,41-43H,9-11,17-18H2,1-8H3. The highest BCUT2D eigenvalue weighted by Gasteiger charge is 2.56. The summed E-state index contributed by atoms with van der Waals surface area (Å²) in [6.07, 6.45) is 6.46. The quantitative estimate of drug-likeness (QED) is 0.161. The van der Waals surface area contributed by atoms with E-state index in [-0.39, 0.29) is 28.6 Å². The Bertz CT molecular complexity index is 1590. The lowest BCUT2D eigenvalue weighted by Gasteiger charge is -2.49. The molecule has 3 aromatic carbocycles. The van der Waals surface area contributed by atoms with Gasteiger partial charge in [-0.1, -0.05) is 83.0 Å². The van der Waals surface area contributed by atoms with Crippen molar-refractivity contribution in [1.82, 2.24) is 0 Å². The fourth-order valence-electron chi connectivity index (χ4n) is 8.90. The van der Waals surface area contributed by atoms with Crippen LogP contribution >= 0.6 is 0 Å². The van der Waals surface area contributed by atoms with Gasteiger partial charge in [-0.2, -0.15) is 0 Å². The molecule has 0 spiro atoms. The van der Waals surface area contributed by atoms with Gasteiger partial charge in [0.2, 0.25) is 0 Å². The molecule has 0 saturated carbocycles. The smallest absolute Gasteiger partial charge is 0.122 e. The predicted octanol–water partition coefficient (Wildman–Crippen LogP) is 10.5. The maximum absolute atomic E-state index is 11.9. The van der Waals surface area contributed by atoms with Gasteiger partial charge >= 0.3 is 0 Å². The minimum absolute atomic E-state index is 0.0343. The zero-order chi connectivity index (χ0) is 32.0. The van der Waals surface area contributed by atoms with Gasteiger partial charge in [0.25, 0.3) is 0 Å². The molecule has 4 heteroatoms. The Hall–Kier alpha value is -3.66. The fraction of sp³-hybridized carbons (Fsp3) is 0.450. The SMILES string of the molecule is CCCC(C)(c1cc(C)c(O)c(C)c1)C1c2cccc(c2O)C1C(c1ccco1)C(CC)(CCC)c1cc(C)c(O)c(C)c1. The number of aryl methyl sites for hydroxylation is 4. The minimum atomic E-state index is -0.340. The van der Waals surface area contributed by atoms with Crippen LogP contribution in [-0.4, -0.2) is 15.3 Å². The van der Waals surface area contributed by atoms with Gasteiger partial charge < -0.3 is 19.7 Å². The van der Waals surface area contributed by atoms with E-state index in [1.807, 2.05) is 33.8 Å². The second kappa shape index (κ2) is 12.0. The average Bonchev–Trinajstić information content (AvgIpc) is 3.55. The first-order valence-corrected chi connectivity index (χ1v) is 16.4. The maximum Gasteiger partial charge on any atom is 0.122 e. The third-order valence-electron chi connectivity index (χ3n) is 11.0. The van der Waals surface area contributed by atoms with Gasteiger partial charge in [0.05, 0.1) is 6.26 Å². The van der Waals surface area contributed by atoms with Gasteiger partial charge in [-0.25, -0.2) is 0 Å². The van der Waals surface area contributed by atoms with Gasteiger partial charge in [-0.3, -0.25) is 0 Å². The first-order chi connectivity index (χ1) is 20.9. The van der Waals surface area contributed by atoms with Crippen molar-refractivity contribution in [2.24, 2.45) is 0 Å². The van der Waals surface area contributed by atoms with E-state index >= 15 is 0 Å². The highest BCUT2D eigenvalue weighted by molar-refractivity contribution is 5.59. The predicted molar refractivity (Wildman–Crippen MR) is 179 cm³/mol. The summed E-state index contributed by atoms with van der Waals surface area (Å²) in [5.74, 6) is 1.83. The van der Waals surface area contributed by atoms with Gasteiger partial charge in [0.1, 0.15) is 23.0 Å². The lowest BCUT2D eigenvalue weighted by molar-refractivity contribution is 0.192. The summed E-state index contributed by atoms with van der Waals surface area (Å²) in [4.78, 5) is 0.